The van der Waals surface area contributed by atoms with E-state index in [1.54, 1.807) is 0 Å². The Morgan fingerprint density at radius 1 is 1.25 bits per heavy atom. The highest BCUT2D eigenvalue weighted by atomic mass is 16.8. The Balaban J connectivity index is 1.58. The summed E-state index contributed by atoms with van der Waals surface area (Å²) in [7, 11) is 0. The fourth-order valence-electron chi connectivity index (χ4n) is 4.33. The number of carbonyl (C=O) groups excluding carboxylic acids is 2. The van der Waals surface area contributed by atoms with Gasteiger partial charge in [0, 0.05) is 32.4 Å². The Morgan fingerprint density at radius 2 is 2.00 bits per heavy atom. The van der Waals surface area contributed by atoms with Crippen molar-refractivity contribution in [2.24, 2.45) is 0 Å². The van der Waals surface area contributed by atoms with Crippen LogP contribution in [0.1, 0.15) is 51.4 Å². The molecule has 0 radical (unpaired) electrons. The van der Waals surface area contributed by atoms with Crippen LogP contribution in [0.4, 0.5) is 4.79 Å². The molecule has 4 rings (SSSR count). The topological polar surface area (TPSA) is 73.7 Å². The third-order valence-corrected chi connectivity index (χ3v) is 5.87. The van der Waals surface area contributed by atoms with Crippen LogP contribution in [0.2, 0.25) is 0 Å². The van der Waals surface area contributed by atoms with Crippen molar-refractivity contribution in [2.45, 2.75) is 57.6 Å². The number of aryl methyl sites for hydroxylation is 1. The monoisotopic (exact) mass is 385 g/mol. The number of fused-ring (bicyclic) bond motifs is 1. The number of cyclic esters (lactones) is 1. The molecule has 0 unspecified atom stereocenters. The lowest BCUT2D eigenvalue weighted by Crippen LogP contribution is -2.49. The number of rotatable bonds is 5. The maximum atomic E-state index is 13.4. The largest absolute Gasteiger partial charge is 0.509 e. The number of para-hydroxylation sites is 2. The Bertz CT molecular complexity index is 883. The van der Waals surface area contributed by atoms with Crippen LogP contribution in [0.25, 0.3) is 11.0 Å². The van der Waals surface area contributed by atoms with Gasteiger partial charge in [0.05, 0.1) is 11.0 Å². The molecule has 2 aliphatic rings. The SMILES string of the molecule is CCCc1nc2ccccc2n1[C@H](CC)C(=O)N1CCC2(CC1)COC(=O)O2. The minimum Gasteiger partial charge on any atom is -0.430 e. The lowest BCUT2D eigenvalue weighted by molar-refractivity contribution is -0.138. The number of aromatic nitrogens is 2. The van der Waals surface area contributed by atoms with Crippen LogP contribution in [0.3, 0.4) is 0 Å². The Labute approximate surface area is 164 Å². The van der Waals surface area contributed by atoms with Crippen LogP contribution >= 0.6 is 0 Å². The molecule has 2 aromatic rings. The van der Waals surface area contributed by atoms with Crippen LogP contribution in [0.5, 0.6) is 0 Å². The molecule has 0 N–H and O–H groups in total. The van der Waals surface area contributed by atoms with E-state index in [0.717, 1.165) is 29.7 Å². The van der Waals surface area contributed by atoms with Gasteiger partial charge in [0.1, 0.15) is 18.5 Å². The zero-order valence-electron chi connectivity index (χ0n) is 16.5. The first-order valence-electron chi connectivity index (χ1n) is 10.2. The summed E-state index contributed by atoms with van der Waals surface area (Å²) >= 11 is 0. The maximum absolute atomic E-state index is 13.4. The number of nitrogens with zero attached hydrogens (tertiary/aromatic N) is 3. The summed E-state index contributed by atoms with van der Waals surface area (Å²) in [5, 5.41) is 0. The molecular weight excluding hydrogens is 358 g/mol. The maximum Gasteiger partial charge on any atom is 0.509 e. The Morgan fingerprint density at radius 3 is 2.64 bits per heavy atom. The van der Waals surface area contributed by atoms with Crippen LogP contribution in [0, 0.1) is 0 Å². The molecular formula is C21H27N3O4. The summed E-state index contributed by atoms with van der Waals surface area (Å²) in [6.45, 7) is 5.61. The molecule has 2 fully saturated rings. The van der Waals surface area contributed by atoms with E-state index < -0.39 is 11.8 Å². The second-order valence-corrected chi connectivity index (χ2v) is 7.71. The minimum absolute atomic E-state index is 0.114. The van der Waals surface area contributed by atoms with Gasteiger partial charge < -0.3 is 18.9 Å². The van der Waals surface area contributed by atoms with Crippen molar-refractivity contribution in [3.8, 4) is 0 Å². The molecule has 2 saturated heterocycles. The fourth-order valence-corrected chi connectivity index (χ4v) is 4.33. The summed E-state index contributed by atoms with van der Waals surface area (Å²) in [5.41, 5.74) is 1.40. The highest BCUT2D eigenvalue weighted by Gasteiger charge is 2.46. The van der Waals surface area contributed by atoms with E-state index in [0.29, 0.717) is 32.4 Å². The first-order chi connectivity index (χ1) is 13.6. The molecule has 1 aromatic heterocycles. The predicted molar refractivity (Wildman–Crippen MR) is 104 cm³/mol. The number of ether oxygens (including phenoxy) is 2. The average Bonchev–Trinajstić information content (AvgIpc) is 3.24. The number of piperidine rings is 1. The fraction of sp³-hybridized carbons (Fsp3) is 0.571. The molecule has 1 spiro atoms. The van der Waals surface area contributed by atoms with Crippen molar-refractivity contribution in [3.05, 3.63) is 30.1 Å². The van der Waals surface area contributed by atoms with E-state index >= 15 is 0 Å². The third-order valence-electron chi connectivity index (χ3n) is 5.87. The molecule has 1 atom stereocenters. The molecule has 28 heavy (non-hydrogen) atoms. The molecule has 0 aliphatic carbocycles. The summed E-state index contributed by atoms with van der Waals surface area (Å²) in [6.07, 6.45) is 3.16. The van der Waals surface area contributed by atoms with Gasteiger partial charge >= 0.3 is 6.16 Å². The van der Waals surface area contributed by atoms with Crippen molar-refractivity contribution >= 4 is 23.1 Å². The van der Waals surface area contributed by atoms with Crippen molar-refractivity contribution in [1.82, 2.24) is 14.5 Å². The number of imidazole rings is 1. The van der Waals surface area contributed by atoms with E-state index in [2.05, 4.69) is 11.5 Å². The van der Waals surface area contributed by atoms with Crippen LogP contribution < -0.4 is 0 Å². The van der Waals surface area contributed by atoms with Gasteiger partial charge in [-0.05, 0) is 25.0 Å². The van der Waals surface area contributed by atoms with Crippen LogP contribution in [-0.4, -0.2) is 51.8 Å². The number of benzene rings is 1. The van der Waals surface area contributed by atoms with Crippen molar-refractivity contribution < 1.29 is 19.1 Å². The first kappa shape index (κ1) is 18.8. The number of hydrogen-bond donors (Lipinski definition) is 0. The van der Waals surface area contributed by atoms with E-state index in [1.807, 2.05) is 36.1 Å². The van der Waals surface area contributed by atoms with Crippen molar-refractivity contribution in [1.29, 1.82) is 0 Å². The van der Waals surface area contributed by atoms with Gasteiger partial charge in [-0.1, -0.05) is 26.0 Å². The summed E-state index contributed by atoms with van der Waals surface area (Å²) < 4.78 is 12.5. The lowest BCUT2D eigenvalue weighted by atomic mass is 9.92. The van der Waals surface area contributed by atoms with Gasteiger partial charge in [-0.25, -0.2) is 9.78 Å². The minimum atomic E-state index is -0.597. The second-order valence-electron chi connectivity index (χ2n) is 7.71. The standard InChI is InChI=1S/C21H27N3O4/c1-3-7-18-22-15-8-5-6-9-17(15)24(18)16(4-2)19(25)23-12-10-21(11-13-23)14-27-20(26)28-21/h5-6,8-9,16H,3-4,7,10-14H2,1-2H3/t16-/m1/s1. The number of carbonyl (C=O) groups is 2. The molecule has 150 valence electrons. The number of hydrogen-bond acceptors (Lipinski definition) is 5. The molecule has 1 amide bonds. The first-order valence-corrected chi connectivity index (χ1v) is 10.2. The van der Waals surface area contributed by atoms with Gasteiger partial charge in [-0.2, -0.15) is 0 Å². The quantitative estimate of drug-likeness (QED) is 0.737. The predicted octanol–water partition coefficient (Wildman–Crippen LogP) is 3.47. The Kier molecular flexibility index (Phi) is 5.00. The van der Waals surface area contributed by atoms with Crippen molar-refractivity contribution in [3.63, 3.8) is 0 Å². The van der Waals surface area contributed by atoms with E-state index in [1.165, 1.54) is 0 Å². The van der Waals surface area contributed by atoms with Gasteiger partial charge in [0.25, 0.3) is 0 Å². The molecule has 1 aromatic carbocycles. The van der Waals surface area contributed by atoms with E-state index in [-0.39, 0.29) is 18.6 Å². The second kappa shape index (κ2) is 7.45. The van der Waals surface area contributed by atoms with Gasteiger partial charge in [0.2, 0.25) is 5.91 Å². The summed E-state index contributed by atoms with van der Waals surface area (Å²) in [5.74, 6) is 1.08. The summed E-state index contributed by atoms with van der Waals surface area (Å²) in [4.78, 5) is 31.4. The average molecular weight is 385 g/mol. The van der Waals surface area contributed by atoms with E-state index in [9.17, 15) is 9.59 Å². The van der Waals surface area contributed by atoms with Crippen molar-refractivity contribution in [2.75, 3.05) is 19.7 Å². The summed E-state index contributed by atoms with van der Waals surface area (Å²) in [6, 6.07) is 7.74. The van der Waals surface area contributed by atoms with E-state index in [4.69, 9.17) is 14.5 Å². The molecule has 0 saturated carbocycles. The molecule has 7 nitrogen and oxygen atoms in total. The molecule has 7 heteroatoms. The third kappa shape index (κ3) is 3.23. The van der Waals surface area contributed by atoms with Crippen LogP contribution in [0.15, 0.2) is 24.3 Å². The molecule has 3 heterocycles. The highest BCUT2D eigenvalue weighted by Crippen LogP contribution is 2.33. The normalized spacial score (nSPS) is 19.6. The highest BCUT2D eigenvalue weighted by molar-refractivity contribution is 5.84. The smallest absolute Gasteiger partial charge is 0.430 e. The van der Waals surface area contributed by atoms with Crippen LogP contribution in [-0.2, 0) is 20.7 Å². The lowest BCUT2D eigenvalue weighted by Gasteiger charge is -2.38. The van der Waals surface area contributed by atoms with Gasteiger partial charge in [0.15, 0.2) is 5.60 Å². The van der Waals surface area contributed by atoms with Gasteiger partial charge in [-0.15, -0.1) is 0 Å². The zero-order chi connectivity index (χ0) is 19.7. The Hall–Kier alpha value is -2.57. The number of likely N-dealkylation sites (tertiary alicyclic amines) is 1. The number of amides is 1. The molecule has 2 aliphatic heterocycles. The van der Waals surface area contributed by atoms with Gasteiger partial charge in [-0.3, -0.25) is 4.79 Å². The molecule has 0 bridgehead atoms. The zero-order valence-corrected chi connectivity index (χ0v) is 16.5.